The van der Waals surface area contributed by atoms with Gasteiger partial charge < -0.3 is 14.5 Å². The van der Waals surface area contributed by atoms with Crippen molar-refractivity contribution in [2.75, 3.05) is 24.5 Å². The number of carbonyl (C=O) groups excluding carboxylic acids is 1. The third kappa shape index (κ3) is 3.90. The quantitative estimate of drug-likeness (QED) is 0.794. The van der Waals surface area contributed by atoms with E-state index in [1.54, 1.807) is 0 Å². The van der Waals surface area contributed by atoms with Crippen molar-refractivity contribution in [2.45, 2.75) is 46.3 Å². The number of nitrogens with zero attached hydrogens (tertiary/aromatic N) is 2. The number of hydrogen-bond acceptors (Lipinski definition) is 3. The van der Waals surface area contributed by atoms with E-state index in [1.165, 1.54) is 11.3 Å². The van der Waals surface area contributed by atoms with Crippen molar-refractivity contribution >= 4 is 11.8 Å². The number of anilines is 1. The SMILES string of the molecule is Cc1ccccc1N1CCN(C(=O)OC(C)(C)C)C[C@H]1C. The smallest absolute Gasteiger partial charge is 0.410 e. The van der Waals surface area contributed by atoms with Crippen LogP contribution in [0.15, 0.2) is 24.3 Å². The van der Waals surface area contributed by atoms with Gasteiger partial charge in [0.2, 0.25) is 0 Å². The van der Waals surface area contributed by atoms with Crippen LogP contribution in [0.25, 0.3) is 0 Å². The summed E-state index contributed by atoms with van der Waals surface area (Å²) in [5.41, 5.74) is 2.09. The molecule has 21 heavy (non-hydrogen) atoms. The highest BCUT2D eigenvalue weighted by molar-refractivity contribution is 5.69. The highest BCUT2D eigenvalue weighted by atomic mass is 16.6. The molecule has 0 spiro atoms. The van der Waals surface area contributed by atoms with Crippen molar-refractivity contribution < 1.29 is 9.53 Å². The zero-order valence-electron chi connectivity index (χ0n) is 13.7. The molecule has 116 valence electrons. The number of ether oxygens (including phenoxy) is 1. The molecule has 1 heterocycles. The van der Waals surface area contributed by atoms with E-state index in [9.17, 15) is 4.79 Å². The van der Waals surface area contributed by atoms with Gasteiger partial charge in [-0.2, -0.15) is 0 Å². The average molecular weight is 290 g/mol. The Hall–Kier alpha value is -1.71. The van der Waals surface area contributed by atoms with Crippen LogP contribution in [0.2, 0.25) is 0 Å². The van der Waals surface area contributed by atoms with Gasteiger partial charge in [-0.1, -0.05) is 18.2 Å². The molecular weight excluding hydrogens is 264 g/mol. The van der Waals surface area contributed by atoms with Crippen LogP contribution in [-0.4, -0.2) is 42.3 Å². The topological polar surface area (TPSA) is 32.8 Å². The molecule has 0 unspecified atom stereocenters. The lowest BCUT2D eigenvalue weighted by Crippen LogP contribution is -2.54. The van der Waals surface area contributed by atoms with Crippen LogP contribution in [-0.2, 0) is 4.74 Å². The van der Waals surface area contributed by atoms with Crippen LogP contribution in [0.3, 0.4) is 0 Å². The Morgan fingerprint density at radius 1 is 1.24 bits per heavy atom. The molecule has 1 aromatic rings. The van der Waals surface area contributed by atoms with Gasteiger partial charge in [0.05, 0.1) is 0 Å². The largest absolute Gasteiger partial charge is 0.444 e. The first-order chi connectivity index (χ1) is 9.78. The third-order valence-electron chi connectivity index (χ3n) is 3.70. The Bertz CT molecular complexity index is 508. The van der Waals surface area contributed by atoms with Gasteiger partial charge in [-0.05, 0) is 46.2 Å². The van der Waals surface area contributed by atoms with E-state index < -0.39 is 5.60 Å². The number of aryl methyl sites for hydroxylation is 1. The fourth-order valence-electron chi connectivity index (χ4n) is 2.69. The summed E-state index contributed by atoms with van der Waals surface area (Å²) >= 11 is 0. The molecule has 0 radical (unpaired) electrons. The molecule has 0 N–H and O–H groups in total. The van der Waals surface area contributed by atoms with Crippen molar-refractivity contribution in [2.24, 2.45) is 0 Å². The number of amides is 1. The van der Waals surface area contributed by atoms with Crippen LogP contribution in [0, 0.1) is 6.92 Å². The van der Waals surface area contributed by atoms with Crippen LogP contribution < -0.4 is 4.90 Å². The second kappa shape index (κ2) is 5.96. The zero-order chi connectivity index (χ0) is 15.6. The predicted molar refractivity (Wildman–Crippen MR) is 85.8 cm³/mol. The minimum Gasteiger partial charge on any atom is -0.444 e. The molecule has 1 aliphatic heterocycles. The molecule has 1 amide bonds. The second-order valence-corrected chi connectivity index (χ2v) is 6.76. The molecule has 1 fully saturated rings. The minimum atomic E-state index is -0.437. The first-order valence-corrected chi connectivity index (χ1v) is 7.58. The second-order valence-electron chi connectivity index (χ2n) is 6.76. The van der Waals surface area contributed by atoms with E-state index in [0.717, 1.165) is 6.54 Å². The molecule has 0 saturated carbocycles. The Balaban J connectivity index is 2.03. The van der Waals surface area contributed by atoms with Crippen LogP contribution in [0.1, 0.15) is 33.3 Å². The summed E-state index contributed by atoms with van der Waals surface area (Å²) in [6.45, 7) is 12.2. The summed E-state index contributed by atoms with van der Waals surface area (Å²) in [4.78, 5) is 16.3. The Kier molecular flexibility index (Phi) is 4.45. The molecule has 2 rings (SSSR count). The van der Waals surface area contributed by atoms with Gasteiger partial charge in [0.15, 0.2) is 0 Å². The van der Waals surface area contributed by atoms with Gasteiger partial charge in [0.1, 0.15) is 5.60 Å². The molecule has 0 aliphatic carbocycles. The summed E-state index contributed by atoms with van der Waals surface area (Å²) in [5, 5.41) is 0. The molecule has 0 aromatic heterocycles. The van der Waals surface area contributed by atoms with E-state index in [1.807, 2.05) is 25.7 Å². The number of benzene rings is 1. The maximum atomic E-state index is 12.2. The van der Waals surface area contributed by atoms with Crippen molar-refractivity contribution in [1.82, 2.24) is 4.90 Å². The minimum absolute atomic E-state index is 0.209. The van der Waals surface area contributed by atoms with Crippen molar-refractivity contribution in [3.8, 4) is 0 Å². The third-order valence-corrected chi connectivity index (χ3v) is 3.70. The molecule has 1 aliphatic rings. The number of carbonyl (C=O) groups is 1. The number of hydrogen-bond donors (Lipinski definition) is 0. The van der Waals surface area contributed by atoms with E-state index in [4.69, 9.17) is 4.74 Å². The molecule has 1 saturated heterocycles. The number of piperazine rings is 1. The van der Waals surface area contributed by atoms with Crippen LogP contribution >= 0.6 is 0 Å². The van der Waals surface area contributed by atoms with Crippen molar-refractivity contribution in [3.63, 3.8) is 0 Å². The van der Waals surface area contributed by atoms with Crippen molar-refractivity contribution in [1.29, 1.82) is 0 Å². The Morgan fingerprint density at radius 3 is 2.48 bits per heavy atom. The van der Waals surface area contributed by atoms with Gasteiger partial charge in [0, 0.05) is 31.4 Å². The van der Waals surface area contributed by atoms with Gasteiger partial charge in [-0.25, -0.2) is 4.79 Å². The highest BCUT2D eigenvalue weighted by Gasteiger charge is 2.30. The first-order valence-electron chi connectivity index (χ1n) is 7.58. The molecular formula is C17H26N2O2. The summed E-state index contributed by atoms with van der Waals surface area (Å²) in [5.74, 6) is 0. The highest BCUT2D eigenvalue weighted by Crippen LogP contribution is 2.24. The van der Waals surface area contributed by atoms with Gasteiger partial charge >= 0.3 is 6.09 Å². The average Bonchev–Trinajstić information content (AvgIpc) is 2.38. The van der Waals surface area contributed by atoms with Gasteiger partial charge in [0.25, 0.3) is 0 Å². The van der Waals surface area contributed by atoms with E-state index in [0.29, 0.717) is 13.1 Å². The summed E-state index contributed by atoms with van der Waals surface area (Å²) in [7, 11) is 0. The monoisotopic (exact) mass is 290 g/mol. The Labute approximate surface area is 127 Å². The number of rotatable bonds is 1. The molecule has 1 aromatic carbocycles. The fourth-order valence-corrected chi connectivity index (χ4v) is 2.69. The molecule has 4 nitrogen and oxygen atoms in total. The zero-order valence-corrected chi connectivity index (χ0v) is 13.7. The summed E-state index contributed by atoms with van der Waals surface area (Å²) in [6, 6.07) is 8.68. The Morgan fingerprint density at radius 2 is 1.90 bits per heavy atom. The van der Waals surface area contributed by atoms with Crippen LogP contribution in [0.5, 0.6) is 0 Å². The standard InChI is InChI=1S/C17H26N2O2/c1-13-8-6-7-9-15(13)19-11-10-18(12-14(19)2)16(20)21-17(3,4)5/h6-9,14H,10-12H2,1-5H3/t14-/m1/s1. The fraction of sp³-hybridized carbons (Fsp3) is 0.588. The maximum absolute atomic E-state index is 12.2. The first kappa shape index (κ1) is 15.7. The molecule has 4 heteroatoms. The lowest BCUT2D eigenvalue weighted by Gasteiger charge is -2.42. The number of para-hydroxylation sites is 1. The van der Waals surface area contributed by atoms with Gasteiger partial charge in [-0.3, -0.25) is 0 Å². The maximum Gasteiger partial charge on any atom is 0.410 e. The lowest BCUT2D eigenvalue weighted by atomic mass is 10.1. The lowest BCUT2D eigenvalue weighted by molar-refractivity contribution is 0.0219. The summed E-state index contributed by atoms with van der Waals surface area (Å²) in [6.07, 6.45) is -0.209. The van der Waals surface area contributed by atoms with E-state index in [2.05, 4.69) is 43.0 Å². The van der Waals surface area contributed by atoms with Gasteiger partial charge in [-0.15, -0.1) is 0 Å². The van der Waals surface area contributed by atoms with Crippen molar-refractivity contribution in [3.05, 3.63) is 29.8 Å². The summed E-state index contributed by atoms with van der Waals surface area (Å²) < 4.78 is 5.46. The molecule has 0 bridgehead atoms. The van der Waals surface area contributed by atoms with Crippen LogP contribution in [0.4, 0.5) is 10.5 Å². The predicted octanol–water partition coefficient (Wildman–Crippen LogP) is 3.44. The van der Waals surface area contributed by atoms with E-state index in [-0.39, 0.29) is 12.1 Å². The van der Waals surface area contributed by atoms with E-state index >= 15 is 0 Å². The molecule has 1 atom stereocenters. The normalized spacial score (nSPS) is 19.6.